The first-order valence-electron chi connectivity index (χ1n) is 6.37. The molecule has 0 atom stereocenters. The van der Waals surface area contributed by atoms with Crippen molar-refractivity contribution in [1.82, 2.24) is 19.9 Å². The molecule has 3 aromatic heterocycles. The molecule has 102 valence electrons. The number of hydrogen-bond donors (Lipinski definition) is 1. The highest BCUT2D eigenvalue weighted by atomic mass is 32.1. The van der Waals surface area contributed by atoms with Gasteiger partial charge >= 0.3 is 0 Å². The smallest absolute Gasteiger partial charge is 0.138 e. The van der Waals surface area contributed by atoms with Crippen molar-refractivity contribution in [2.24, 2.45) is 0 Å². The van der Waals surface area contributed by atoms with E-state index in [0.717, 1.165) is 27.4 Å². The van der Waals surface area contributed by atoms with Crippen LogP contribution in [0.25, 0.3) is 10.2 Å². The number of nitrogens with zero attached hydrogens (tertiary/aromatic N) is 4. The summed E-state index contributed by atoms with van der Waals surface area (Å²) in [5, 5.41) is 4.44. The SMILES string of the molecule is Cc1cnc(CNc2ncnc3sc(C)c(C)c23)cn1. The van der Waals surface area contributed by atoms with E-state index in [1.165, 1.54) is 10.4 Å². The number of hydrogen-bond acceptors (Lipinski definition) is 6. The molecule has 5 nitrogen and oxygen atoms in total. The zero-order chi connectivity index (χ0) is 14.1. The summed E-state index contributed by atoms with van der Waals surface area (Å²) in [5.41, 5.74) is 3.05. The molecular formula is C14H15N5S. The van der Waals surface area contributed by atoms with E-state index < -0.39 is 0 Å². The van der Waals surface area contributed by atoms with E-state index in [-0.39, 0.29) is 0 Å². The van der Waals surface area contributed by atoms with Gasteiger partial charge in [0.25, 0.3) is 0 Å². The van der Waals surface area contributed by atoms with Crippen LogP contribution in [0.15, 0.2) is 18.7 Å². The lowest BCUT2D eigenvalue weighted by atomic mass is 10.2. The molecule has 0 amide bonds. The van der Waals surface area contributed by atoms with Gasteiger partial charge in [0.2, 0.25) is 0 Å². The Hall–Kier alpha value is -2.08. The van der Waals surface area contributed by atoms with Crippen molar-refractivity contribution in [1.29, 1.82) is 0 Å². The molecule has 3 rings (SSSR count). The Labute approximate surface area is 121 Å². The number of thiophene rings is 1. The lowest BCUT2D eigenvalue weighted by Gasteiger charge is -2.06. The summed E-state index contributed by atoms with van der Waals surface area (Å²) < 4.78 is 0. The van der Waals surface area contributed by atoms with Gasteiger partial charge in [0, 0.05) is 11.1 Å². The highest BCUT2D eigenvalue weighted by Crippen LogP contribution is 2.32. The van der Waals surface area contributed by atoms with Crippen LogP contribution in [0, 0.1) is 20.8 Å². The van der Waals surface area contributed by atoms with Gasteiger partial charge in [-0.05, 0) is 26.3 Å². The predicted octanol–water partition coefficient (Wildman–Crippen LogP) is 3.02. The molecule has 3 aromatic rings. The van der Waals surface area contributed by atoms with E-state index in [2.05, 4.69) is 39.1 Å². The first-order valence-corrected chi connectivity index (χ1v) is 7.19. The Balaban J connectivity index is 1.89. The fourth-order valence-corrected chi connectivity index (χ4v) is 3.00. The van der Waals surface area contributed by atoms with Crippen LogP contribution in [0.5, 0.6) is 0 Å². The fraction of sp³-hybridized carbons (Fsp3) is 0.286. The van der Waals surface area contributed by atoms with Gasteiger partial charge in [0.05, 0.1) is 29.5 Å². The minimum Gasteiger partial charge on any atom is -0.364 e. The molecule has 20 heavy (non-hydrogen) atoms. The largest absolute Gasteiger partial charge is 0.364 e. The van der Waals surface area contributed by atoms with Crippen LogP contribution in [0.3, 0.4) is 0 Å². The summed E-state index contributed by atoms with van der Waals surface area (Å²) in [5.74, 6) is 0.860. The normalized spacial score (nSPS) is 10.9. The maximum Gasteiger partial charge on any atom is 0.138 e. The summed E-state index contributed by atoms with van der Waals surface area (Å²) in [4.78, 5) is 19.6. The van der Waals surface area contributed by atoms with Crippen molar-refractivity contribution in [3.63, 3.8) is 0 Å². The van der Waals surface area contributed by atoms with E-state index in [1.54, 1.807) is 30.1 Å². The fourth-order valence-electron chi connectivity index (χ4n) is 2.00. The first kappa shape index (κ1) is 12.9. The minimum atomic E-state index is 0.605. The van der Waals surface area contributed by atoms with Gasteiger partial charge in [-0.1, -0.05) is 0 Å². The molecular weight excluding hydrogens is 270 g/mol. The number of fused-ring (bicyclic) bond motifs is 1. The average molecular weight is 285 g/mol. The highest BCUT2D eigenvalue weighted by molar-refractivity contribution is 7.18. The Morgan fingerprint density at radius 3 is 2.65 bits per heavy atom. The molecule has 0 spiro atoms. The molecule has 0 aromatic carbocycles. The van der Waals surface area contributed by atoms with E-state index >= 15 is 0 Å². The molecule has 0 unspecified atom stereocenters. The lowest BCUT2D eigenvalue weighted by molar-refractivity contribution is 0.977. The van der Waals surface area contributed by atoms with Crippen molar-refractivity contribution in [3.05, 3.63) is 40.5 Å². The second-order valence-corrected chi connectivity index (χ2v) is 5.89. The molecule has 0 radical (unpaired) electrons. The number of rotatable bonds is 3. The lowest BCUT2D eigenvalue weighted by Crippen LogP contribution is -2.04. The van der Waals surface area contributed by atoms with Crippen molar-refractivity contribution < 1.29 is 0 Å². The zero-order valence-electron chi connectivity index (χ0n) is 11.6. The van der Waals surface area contributed by atoms with Crippen LogP contribution in [-0.2, 0) is 6.54 Å². The van der Waals surface area contributed by atoms with E-state index in [0.29, 0.717) is 6.54 Å². The second-order valence-electron chi connectivity index (χ2n) is 4.69. The molecule has 3 heterocycles. The van der Waals surface area contributed by atoms with Crippen LogP contribution < -0.4 is 5.32 Å². The standard InChI is InChI=1S/C14H15N5S/c1-8-4-16-11(5-15-8)6-17-13-12-9(2)10(3)20-14(12)19-7-18-13/h4-5,7H,6H2,1-3H3,(H,17,18,19). The highest BCUT2D eigenvalue weighted by Gasteiger charge is 2.11. The molecule has 0 aliphatic heterocycles. The molecule has 0 aliphatic rings. The van der Waals surface area contributed by atoms with Crippen LogP contribution in [0.2, 0.25) is 0 Å². The third-order valence-electron chi connectivity index (χ3n) is 3.24. The second kappa shape index (κ2) is 5.13. The predicted molar refractivity (Wildman–Crippen MR) is 81.0 cm³/mol. The zero-order valence-corrected chi connectivity index (χ0v) is 12.5. The average Bonchev–Trinajstić information content (AvgIpc) is 2.74. The third-order valence-corrected chi connectivity index (χ3v) is 4.35. The molecule has 0 aliphatic carbocycles. The molecule has 0 fully saturated rings. The summed E-state index contributed by atoms with van der Waals surface area (Å²) in [6, 6.07) is 0. The van der Waals surface area contributed by atoms with Gasteiger partial charge in [-0.15, -0.1) is 11.3 Å². The van der Waals surface area contributed by atoms with Gasteiger partial charge in [0.1, 0.15) is 17.0 Å². The van der Waals surface area contributed by atoms with Crippen molar-refractivity contribution in [3.8, 4) is 0 Å². The Morgan fingerprint density at radius 1 is 1.05 bits per heavy atom. The van der Waals surface area contributed by atoms with E-state index in [9.17, 15) is 0 Å². The summed E-state index contributed by atoms with van der Waals surface area (Å²) in [7, 11) is 0. The third kappa shape index (κ3) is 2.34. The van der Waals surface area contributed by atoms with Gasteiger partial charge in [0.15, 0.2) is 0 Å². The first-order chi connectivity index (χ1) is 9.65. The van der Waals surface area contributed by atoms with Gasteiger partial charge in [-0.25, -0.2) is 9.97 Å². The quantitative estimate of drug-likeness (QED) is 0.801. The summed E-state index contributed by atoms with van der Waals surface area (Å²) in [6.07, 6.45) is 5.15. The Kier molecular flexibility index (Phi) is 3.31. The van der Waals surface area contributed by atoms with E-state index in [1.807, 2.05) is 6.92 Å². The molecule has 6 heteroatoms. The molecule has 0 bridgehead atoms. The molecule has 0 saturated heterocycles. The van der Waals surface area contributed by atoms with Crippen molar-refractivity contribution in [2.75, 3.05) is 5.32 Å². The van der Waals surface area contributed by atoms with Crippen LogP contribution >= 0.6 is 11.3 Å². The van der Waals surface area contributed by atoms with Crippen molar-refractivity contribution >= 4 is 27.4 Å². The van der Waals surface area contributed by atoms with Gasteiger partial charge in [-0.2, -0.15) is 0 Å². The number of anilines is 1. The Morgan fingerprint density at radius 2 is 1.90 bits per heavy atom. The molecule has 0 saturated carbocycles. The van der Waals surface area contributed by atoms with Gasteiger partial charge < -0.3 is 5.32 Å². The number of aryl methyl sites for hydroxylation is 3. The molecule has 1 N–H and O–H groups in total. The van der Waals surface area contributed by atoms with Crippen molar-refractivity contribution in [2.45, 2.75) is 27.3 Å². The monoisotopic (exact) mass is 285 g/mol. The maximum absolute atomic E-state index is 4.35. The van der Waals surface area contributed by atoms with E-state index in [4.69, 9.17) is 0 Å². The van der Waals surface area contributed by atoms with Crippen LogP contribution in [0.4, 0.5) is 5.82 Å². The minimum absolute atomic E-state index is 0.605. The number of aromatic nitrogens is 4. The maximum atomic E-state index is 4.35. The summed E-state index contributed by atoms with van der Waals surface area (Å²) >= 11 is 1.70. The topological polar surface area (TPSA) is 63.6 Å². The summed E-state index contributed by atoms with van der Waals surface area (Å²) in [6.45, 7) is 6.74. The Bertz CT molecular complexity index is 748. The number of nitrogens with one attached hydrogen (secondary N) is 1. The van der Waals surface area contributed by atoms with Crippen LogP contribution in [-0.4, -0.2) is 19.9 Å². The van der Waals surface area contributed by atoms with Crippen LogP contribution in [0.1, 0.15) is 21.8 Å². The van der Waals surface area contributed by atoms with Gasteiger partial charge in [-0.3, -0.25) is 9.97 Å².